The highest BCUT2D eigenvalue weighted by molar-refractivity contribution is 5.78. The zero-order valence-electron chi connectivity index (χ0n) is 14.5. The molecule has 1 N–H and O–H groups in total. The van der Waals surface area contributed by atoms with E-state index in [1.165, 1.54) is 12.1 Å². The first-order valence-electron chi connectivity index (χ1n) is 8.63. The predicted molar refractivity (Wildman–Crippen MR) is 98.1 cm³/mol. The van der Waals surface area contributed by atoms with Crippen molar-refractivity contribution in [2.75, 3.05) is 37.6 Å². The standard InChI is InChI=1S/C20H21FN4O/c21-18-6-3-4-16(12-18)14-23-20(26)15-24-8-10-25(11-9-24)19-7-2-1-5-17(19)13-22/h1-7,12H,8-11,14-15H2,(H,23,26). The lowest BCUT2D eigenvalue weighted by Crippen LogP contribution is -2.49. The number of nitriles is 1. The fourth-order valence-corrected chi connectivity index (χ4v) is 3.10. The highest BCUT2D eigenvalue weighted by Gasteiger charge is 2.20. The van der Waals surface area contributed by atoms with Crippen molar-refractivity contribution >= 4 is 11.6 Å². The van der Waals surface area contributed by atoms with Gasteiger partial charge in [0, 0.05) is 32.7 Å². The van der Waals surface area contributed by atoms with Gasteiger partial charge < -0.3 is 10.2 Å². The minimum Gasteiger partial charge on any atom is -0.368 e. The number of hydrogen-bond acceptors (Lipinski definition) is 4. The lowest BCUT2D eigenvalue weighted by Gasteiger charge is -2.36. The maximum atomic E-state index is 13.1. The van der Waals surface area contributed by atoms with Crippen LogP contribution in [0.3, 0.4) is 0 Å². The highest BCUT2D eigenvalue weighted by Crippen LogP contribution is 2.20. The van der Waals surface area contributed by atoms with Crippen LogP contribution in [0.25, 0.3) is 0 Å². The molecule has 0 unspecified atom stereocenters. The van der Waals surface area contributed by atoms with Crippen molar-refractivity contribution in [1.29, 1.82) is 5.26 Å². The van der Waals surface area contributed by atoms with Crippen LogP contribution in [0.4, 0.5) is 10.1 Å². The van der Waals surface area contributed by atoms with Gasteiger partial charge >= 0.3 is 0 Å². The van der Waals surface area contributed by atoms with E-state index in [1.807, 2.05) is 24.3 Å². The van der Waals surface area contributed by atoms with Crippen molar-refractivity contribution < 1.29 is 9.18 Å². The number of halogens is 1. The first-order valence-corrected chi connectivity index (χ1v) is 8.63. The van der Waals surface area contributed by atoms with Gasteiger partial charge in [0.2, 0.25) is 5.91 Å². The Balaban J connectivity index is 1.46. The molecule has 0 spiro atoms. The van der Waals surface area contributed by atoms with E-state index in [0.29, 0.717) is 18.7 Å². The number of anilines is 1. The van der Waals surface area contributed by atoms with Crippen LogP contribution in [-0.2, 0) is 11.3 Å². The number of carbonyl (C=O) groups excluding carboxylic acids is 1. The molecule has 1 aliphatic heterocycles. The highest BCUT2D eigenvalue weighted by atomic mass is 19.1. The van der Waals surface area contributed by atoms with Crippen LogP contribution in [0.1, 0.15) is 11.1 Å². The normalized spacial score (nSPS) is 14.7. The number of para-hydroxylation sites is 1. The Morgan fingerprint density at radius 2 is 1.88 bits per heavy atom. The molecule has 0 radical (unpaired) electrons. The molecule has 6 heteroatoms. The molecular formula is C20H21FN4O. The third-order valence-corrected chi connectivity index (χ3v) is 4.48. The van der Waals surface area contributed by atoms with Crippen molar-refractivity contribution in [2.45, 2.75) is 6.54 Å². The van der Waals surface area contributed by atoms with Gasteiger partial charge in [-0.1, -0.05) is 24.3 Å². The summed E-state index contributed by atoms with van der Waals surface area (Å²) in [5.41, 5.74) is 2.37. The van der Waals surface area contributed by atoms with Gasteiger partial charge in [-0.3, -0.25) is 9.69 Å². The van der Waals surface area contributed by atoms with Crippen LogP contribution < -0.4 is 10.2 Å². The third kappa shape index (κ3) is 4.58. The lowest BCUT2D eigenvalue weighted by atomic mass is 10.1. The second-order valence-electron chi connectivity index (χ2n) is 6.30. The second-order valence-corrected chi connectivity index (χ2v) is 6.30. The largest absolute Gasteiger partial charge is 0.368 e. The monoisotopic (exact) mass is 352 g/mol. The molecule has 0 bridgehead atoms. The van der Waals surface area contributed by atoms with Gasteiger partial charge in [-0.05, 0) is 29.8 Å². The van der Waals surface area contributed by atoms with Gasteiger partial charge in [-0.15, -0.1) is 0 Å². The van der Waals surface area contributed by atoms with E-state index in [4.69, 9.17) is 0 Å². The molecule has 1 saturated heterocycles. The van der Waals surface area contributed by atoms with E-state index in [-0.39, 0.29) is 11.7 Å². The van der Waals surface area contributed by atoms with Gasteiger partial charge in [-0.2, -0.15) is 5.26 Å². The summed E-state index contributed by atoms with van der Waals surface area (Å²) in [7, 11) is 0. The summed E-state index contributed by atoms with van der Waals surface area (Å²) in [6.07, 6.45) is 0. The third-order valence-electron chi connectivity index (χ3n) is 4.48. The molecule has 0 saturated carbocycles. The molecule has 1 heterocycles. The van der Waals surface area contributed by atoms with Gasteiger partial charge in [0.25, 0.3) is 0 Å². The van der Waals surface area contributed by atoms with Gasteiger partial charge in [0.1, 0.15) is 11.9 Å². The van der Waals surface area contributed by atoms with Crippen LogP contribution >= 0.6 is 0 Å². The molecule has 0 aliphatic carbocycles. The zero-order chi connectivity index (χ0) is 18.4. The number of rotatable bonds is 5. The summed E-state index contributed by atoms with van der Waals surface area (Å²) in [4.78, 5) is 16.4. The summed E-state index contributed by atoms with van der Waals surface area (Å²) in [5.74, 6) is -0.370. The first kappa shape index (κ1) is 17.9. The summed E-state index contributed by atoms with van der Waals surface area (Å²) in [6, 6.07) is 16.0. The molecule has 2 aromatic rings. The number of carbonyl (C=O) groups is 1. The fraction of sp³-hybridized carbons (Fsp3) is 0.300. The van der Waals surface area contributed by atoms with Crippen molar-refractivity contribution in [3.63, 3.8) is 0 Å². The Hall–Kier alpha value is -2.91. The van der Waals surface area contributed by atoms with Crippen LogP contribution in [0.15, 0.2) is 48.5 Å². The molecule has 0 atom stereocenters. The molecular weight excluding hydrogens is 331 g/mol. The maximum Gasteiger partial charge on any atom is 0.234 e. The average molecular weight is 352 g/mol. The Morgan fingerprint density at radius 3 is 2.62 bits per heavy atom. The number of piperazine rings is 1. The van der Waals surface area contributed by atoms with Gasteiger partial charge in [-0.25, -0.2) is 4.39 Å². The van der Waals surface area contributed by atoms with Crippen LogP contribution in [-0.4, -0.2) is 43.5 Å². The van der Waals surface area contributed by atoms with Gasteiger partial charge in [0.15, 0.2) is 0 Å². The smallest absolute Gasteiger partial charge is 0.234 e. The number of hydrogen-bond donors (Lipinski definition) is 1. The van der Waals surface area contributed by atoms with E-state index in [2.05, 4.69) is 21.2 Å². The minimum atomic E-state index is -0.300. The van der Waals surface area contributed by atoms with E-state index < -0.39 is 0 Å². The van der Waals surface area contributed by atoms with Crippen LogP contribution in [0.2, 0.25) is 0 Å². The molecule has 1 fully saturated rings. The average Bonchev–Trinajstić information content (AvgIpc) is 2.67. The Kier molecular flexibility index (Phi) is 5.82. The van der Waals surface area contributed by atoms with E-state index >= 15 is 0 Å². The van der Waals surface area contributed by atoms with Crippen molar-refractivity contribution in [1.82, 2.24) is 10.2 Å². The maximum absolute atomic E-state index is 13.1. The Morgan fingerprint density at radius 1 is 1.12 bits per heavy atom. The summed E-state index contributed by atoms with van der Waals surface area (Å²) in [6.45, 7) is 3.71. The molecule has 1 amide bonds. The number of amides is 1. The number of benzene rings is 2. The molecule has 1 aliphatic rings. The Labute approximate surface area is 152 Å². The second kappa shape index (κ2) is 8.45. The molecule has 5 nitrogen and oxygen atoms in total. The molecule has 0 aromatic heterocycles. The van der Waals surface area contributed by atoms with Crippen LogP contribution in [0.5, 0.6) is 0 Å². The predicted octanol–water partition coefficient (Wildman–Crippen LogP) is 2.14. The number of nitrogens with one attached hydrogen (secondary N) is 1. The molecule has 134 valence electrons. The summed E-state index contributed by atoms with van der Waals surface area (Å²) < 4.78 is 13.1. The van der Waals surface area contributed by atoms with E-state index in [0.717, 1.165) is 37.4 Å². The minimum absolute atomic E-state index is 0.0693. The molecule has 2 aromatic carbocycles. The first-order chi connectivity index (χ1) is 12.7. The van der Waals surface area contributed by atoms with Gasteiger partial charge in [0.05, 0.1) is 17.8 Å². The van der Waals surface area contributed by atoms with Crippen molar-refractivity contribution in [2.24, 2.45) is 0 Å². The summed E-state index contributed by atoms with van der Waals surface area (Å²) in [5, 5.41) is 12.1. The van der Waals surface area contributed by atoms with E-state index in [1.54, 1.807) is 12.1 Å². The van der Waals surface area contributed by atoms with Crippen molar-refractivity contribution in [3.8, 4) is 6.07 Å². The fourth-order valence-electron chi connectivity index (χ4n) is 3.10. The Bertz CT molecular complexity index is 809. The summed E-state index contributed by atoms with van der Waals surface area (Å²) >= 11 is 0. The van der Waals surface area contributed by atoms with Crippen LogP contribution in [0, 0.1) is 17.1 Å². The lowest BCUT2D eigenvalue weighted by molar-refractivity contribution is -0.122. The SMILES string of the molecule is N#Cc1ccccc1N1CCN(CC(=O)NCc2cccc(F)c2)CC1. The molecule has 26 heavy (non-hydrogen) atoms. The van der Waals surface area contributed by atoms with E-state index in [9.17, 15) is 14.4 Å². The molecule has 3 rings (SSSR count). The number of nitrogens with zero attached hydrogens (tertiary/aromatic N) is 3. The quantitative estimate of drug-likeness (QED) is 0.896. The van der Waals surface area contributed by atoms with Crippen molar-refractivity contribution in [3.05, 3.63) is 65.5 Å². The topological polar surface area (TPSA) is 59.4 Å². The zero-order valence-corrected chi connectivity index (χ0v) is 14.5.